The number of nitrogens with one attached hydrogen (secondary N) is 1. The Bertz CT molecular complexity index is 1990. The molecule has 0 spiro atoms. The van der Waals surface area contributed by atoms with Gasteiger partial charge in [-0.25, -0.2) is 18.0 Å². The summed E-state index contributed by atoms with van der Waals surface area (Å²) in [5.74, 6) is -4.03. The van der Waals surface area contributed by atoms with Gasteiger partial charge in [0.25, 0.3) is 0 Å². The van der Waals surface area contributed by atoms with Crippen molar-refractivity contribution < 1.29 is 18.0 Å². The summed E-state index contributed by atoms with van der Waals surface area (Å²) in [4.78, 5) is 39.0. The van der Waals surface area contributed by atoms with Crippen molar-refractivity contribution in [3.8, 4) is 16.8 Å². The summed E-state index contributed by atoms with van der Waals surface area (Å²) >= 11 is 12.3. The zero-order valence-corrected chi connectivity index (χ0v) is 26.7. The van der Waals surface area contributed by atoms with E-state index in [2.05, 4.69) is 21.9 Å². The van der Waals surface area contributed by atoms with E-state index in [-0.39, 0.29) is 77.2 Å². The number of anilines is 3. The van der Waals surface area contributed by atoms with E-state index < -0.39 is 45.0 Å². The first-order valence-corrected chi connectivity index (χ1v) is 15.4. The molecule has 2 aliphatic heterocycles. The Labute approximate surface area is 272 Å². The number of hydrogen-bond acceptors (Lipinski definition) is 7. The predicted octanol–water partition coefficient (Wildman–Crippen LogP) is 6.20. The van der Waals surface area contributed by atoms with Gasteiger partial charge in [-0.05, 0) is 43.0 Å². The number of nitrogens with two attached hydrogens (primary N) is 1. The van der Waals surface area contributed by atoms with Crippen molar-refractivity contribution in [2.75, 3.05) is 42.1 Å². The number of hydrogen-bond donors (Lipinski definition) is 2. The number of benzene rings is 2. The monoisotopic (exact) mass is 671 g/mol. The number of carbonyl (C=O) groups excluding carboxylic acids is 1. The number of fused-ring (bicyclic) bond motifs is 2. The van der Waals surface area contributed by atoms with Crippen LogP contribution in [-0.4, -0.2) is 57.6 Å². The fourth-order valence-corrected chi connectivity index (χ4v) is 6.87. The van der Waals surface area contributed by atoms with E-state index in [1.54, 1.807) is 29.0 Å². The lowest BCUT2D eigenvalue weighted by molar-refractivity contribution is -0.126. The lowest BCUT2D eigenvalue weighted by Gasteiger charge is -2.43. The molecule has 0 aliphatic carbocycles. The zero-order chi connectivity index (χ0) is 33.2. The zero-order valence-electron chi connectivity index (χ0n) is 25.2. The molecule has 14 heteroatoms. The molecule has 3 N–H and O–H groups in total. The summed E-state index contributed by atoms with van der Waals surface area (Å²) in [6, 6.07) is 2.37. The second-order valence-corrected chi connectivity index (χ2v) is 12.5. The molecule has 4 aromatic rings. The smallest absolute Gasteiger partial charge is 0.354 e. The molecule has 9 nitrogen and oxygen atoms in total. The number of aryl methyl sites for hydroxylation is 1. The summed E-state index contributed by atoms with van der Waals surface area (Å²) in [6.07, 6.45) is 3.21. The van der Waals surface area contributed by atoms with Crippen molar-refractivity contribution in [1.29, 1.82) is 0 Å². The molecular formula is C32H30Cl2F3N7O2. The molecule has 2 aromatic heterocycles. The molecule has 2 aromatic carbocycles. The lowest BCUT2D eigenvalue weighted by Crippen LogP contribution is -2.56. The molecular weight excluding hydrogens is 642 g/mol. The number of amides is 1. The highest BCUT2D eigenvalue weighted by Gasteiger charge is 2.37. The van der Waals surface area contributed by atoms with E-state index in [1.807, 2.05) is 13.8 Å². The standard InChI is InChI=1S/C32H30Cl2F3N7O2/c1-5-19(45)42-10-11-43-16(13-42)7-9-40-28-22-30(25(37)20(24(28)36)21-23(35)17(33)12-18(34)26(21)38)44(32(46)41-31(22)43)29-15(4)6-8-39-27(29)14(2)3/h5-6,8,12,14,16,40H,1,7,9-11,13,38H2,2-4H3. The first kappa shape index (κ1) is 31.7. The third-order valence-electron chi connectivity index (χ3n) is 8.60. The molecule has 1 amide bonds. The fourth-order valence-electron chi connectivity index (χ4n) is 6.41. The number of nitrogens with zero attached hydrogens (tertiary/aromatic N) is 5. The normalized spacial score (nSPS) is 16.2. The minimum atomic E-state index is -1.27. The molecule has 1 saturated heterocycles. The van der Waals surface area contributed by atoms with E-state index >= 15 is 13.2 Å². The minimum Gasteiger partial charge on any atom is -0.397 e. The number of rotatable bonds is 4. The second-order valence-electron chi connectivity index (χ2n) is 11.7. The van der Waals surface area contributed by atoms with Gasteiger partial charge in [0.1, 0.15) is 11.3 Å². The molecule has 2 aliphatic rings. The minimum absolute atomic E-state index is 0.0309. The van der Waals surface area contributed by atoms with Crippen molar-refractivity contribution in [1.82, 2.24) is 19.4 Å². The maximum atomic E-state index is 17.4. The van der Waals surface area contributed by atoms with Gasteiger partial charge in [0.15, 0.2) is 17.5 Å². The van der Waals surface area contributed by atoms with Gasteiger partial charge in [-0.2, -0.15) is 4.98 Å². The first-order valence-electron chi connectivity index (χ1n) is 14.7. The van der Waals surface area contributed by atoms with Gasteiger partial charge >= 0.3 is 5.69 Å². The van der Waals surface area contributed by atoms with Crippen LogP contribution in [0.2, 0.25) is 10.0 Å². The molecule has 1 unspecified atom stereocenters. The van der Waals surface area contributed by atoms with Crippen molar-refractivity contribution in [2.24, 2.45) is 0 Å². The first-order chi connectivity index (χ1) is 21.9. The Morgan fingerprint density at radius 1 is 1.15 bits per heavy atom. The highest BCUT2D eigenvalue weighted by atomic mass is 35.5. The highest BCUT2D eigenvalue weighted by molar-refractivity contribution is 6.37. The number of halogens is 5. The van der Waals surface area contributed by atoms with Crippen LogP contribution in [0.4, 0.5) is 30.4 Å². The van der Waals surface area contributed by atoms with Crippen LogP contribution < -0.4 is 21.6 Å². The number of carbonyl (C=O) groups is 1. The van der Waals surface area contributed by atoms with Crippen molar-refractivity contribution >= 4 is 57.2 Å². The van der Waals surface area contributed by atoms with Gasteiger partial charge in [0.05, 0.1) is 43.8 Å². The Hall–Kier alpha value is -4.29. The van der Waals surface area contributed by atoms with E-state index in [0.29, 0.717) is 17.7 Å². The maximum absolute atomic E-state index is 17.4. The molecule has 46 heavy (non-hydrogen) atoms. The van der Waals surface area contributed by atoms with Gasteiger partial charge in [0.2, 0.25) is 5.91 Å². The number of nitrogen functional groups attached to an aromatic ring is 1. The van der Waals surface area contributed by atoms with Gasteiger partial charge < -0.3 is 20.9 Å². The Kier molecular flexibility index (Phi) is 8.14. The average molecular weight is 673 g/mol. The van der Waals surface area contributed by atoms with Crippen LogP contribution in [0.15, 0.2) is 35.8 Å². The fraction of sp³-hybridized carbons (Fsp3) is 0.312. The topological polar surface area (TPSA) is 109 Å². The largest absolute Gasteiger partial charge is 0.397 e. The third-order valence-corrected chi connectivity index (χ3v) is 9.19. The van der Waals surface area contributed by atoms with Crippen LogP contribution in [0.25, 0.3) is 27.7 Å². The van der Waals surface area contributed by atoms with Gasteiger partial charge in [-0.3, -0.25) is 14.3 Å². The van der Waals surface area contributed by atoms with Gasteiger partial charge in [-0.1, -0.05) is 43.6 Å². The predicted molar refractivity (Wildman–Crippen MR) is 175 cm³/mol. The van der Waals surface area contributed by atoms with Crippen molar-refractivity contribution in [3.05, 3.63) is 80.2 Å². The van der Waals surface area contributed by atoms with Gasteiger partial charge in [0, 0.05) is 44.0 Å². The van der Waals surface area contributed by atoms with Crippen LogP contribution in [0.5, 0.6) is 0 Å². The summed E-state index contributed by atoms with van der Waals surface area (Å²) in [5, 5.41) is 2.33. The van der Waals surface area contributed by atoms with Crippen LogP contribution in [-0.2, 0) is 4.79 Å². The Balaban J connectivity index is 1.79. The van der Waals surface area contributed by atoms with E-state index in [0.717, 1.165) is 10.6 Å². The van der Waals surface area contributed by atoms with Crippen molar-refractivity contribution in [3.63, 3.8) is 0 Å². The lowest BCUT2D eigenvalue weighted by atomic mass is 9.96. The molecule has 1 fully saturated rings. The Morgan fingerprint density at radius 2 is 1.89 bits per heavy atom. The summed E-state index contributed by atoms with van der Waals surface area (Å²) < 4.78 is 50.9. The molecule has 0 saturated carbocycles. The maximum Gasteiger partial charge on any atom is 0.354 e. The average Bonchev–Trinajstić information content (AvgIpc) is 3.01. The quantitative estimate of drug-likeness (QED) is 0.151. The molecule has 240 valence electrons. The molecule has 6 rings (SSSR count). The molecule has 0 radical (unpaired) electrons. The summed E-state index contributed by atoms with van der Waals surface area (Å²) in [5.41, 5.74) is 4.10. The van der Waals surface area contributed by atoms with E-state index in [4.69, 9.17) is 28.9 Å². The van der Waals surface area contributed by atoms with Gasteiger partial charge in [-0.15, -0.1) is 0 Å². The van der Waals surface area contributed by atoms with E-state index in [1.165, 1.54) is 6.08 Å². The number of aromatic nitrogens is 3. The SMILES string of the molecule is C=CC(=O)N1CCN2c3nc(=O)n(-c4c(C)ccnc4C(C)C)c4c(F)c(-c5c(N)c(Cl)cc(Cl)c5F)c(F)c(c34)NCCC2C1. The molecule has 4 heterocycles. The second kappa shape index (κ2) is 11.8. The number of piperazine rings is 1. The van der Waals surface area contributed by atoms with Crippen molar-refractivity contribution in [2.45, 2.75) is 39.2 Å². The van der Waals surface area contributed by atoms with E-state index in [9.17, 15) is 9.59 Å². The Morgan fingerprint density at radius 3 is 2.59 bits per heavy atom. The number of pyridine rings is 1. The third kappa shape index (κ3) is 4.85. The van der Waals surface area contributed by atoms with Crippen LogP contribution in [0.3, 0.4) is 0 Å². The summed E-state index contributed by atoms with van der Waals surface area (Å²) in [6.45, 7) is 10.0. The molecule has 0 bridgehead atoms. The van der Waals surface area contributed by atoms with Crippen LogP contribution in [0, 0.1) is 24.4 Å². The van der Waals surface area contributed by atoms with Crippen LogP contribution in [0.1, 0.15) is 37.4 Å². The van der Waals surface area contributed by atoms with Crippen LogP contribution >= 0.6 is 23.2 Å². The molecule has 1 atom stereocenters. The summed E-state index contributed by atoms with van der Waals surface area (Å²) in [7, 11) is 0. The highest BCUT2D eigenvalue weighted by Crippen LogP contribution is 2.47.